The molecule has 5 rings (SSSR count). The SMILES string of the molecule is CCc1cc(N2CCCC2c2cccc3ccccc23)n2ncnc2n1. The Hall–Kier alpha value is -2.95. The number of rotatable bonds is 3. The van der Waals surface area contributed by atoms with Gasteiger partial charge in [-0.25, -0.2) is 4.98 Å². The van der Waals surface area contributed by atoms with Gasteiger partial charge in [0, 0.05) is 18.3 Å². The normalized spacial score (nSPS) is 17.4. The highest BCUT2D eigenvalue weighted by Gasteiger charge is 2.29. The molecule has 2 aromatic heterocycles. The summed E-state index contributed by atoms with van der Waals surface area (Å²) in [6, 6.07) is 17.8. The van der Waals surface area contributed by atoms with Crippen LogP contribution < -0.4 is 4.90 Å². The van der Waals surface area contributed by atoms with Crippen LogP contribution in [-0.2, 0) is 6.42 Å². The van der Waals surface area contributed by atoms with Gasteiger partial charge in [-0.2, -0.15) is 14.6 Å². The van der Waals surface area contributed by atoms with E-state index >= 15 is 0 Å². The summed E-state index contributed by atoms with van der Waals surface area (Å²) in [4.78, 5) is 11.4. The van der Waals surface area contributed by atoms with Crippen molar-refractivity contribution in [2.24, 2.45) is 0 Å². The molecule has 5 heteroatoms. The van der Waals surface area contributed by atoms with Gasteiger partial charge >= 0.3 is 0 Å². The van der Waals surface area contributed by atoms with Crippen molar-refractivity contribution in [1.29, 1.82) is 0 Å². The van der Waals surface area contributed by atoms with E-state index < -0.39 is 0 Å². The first-order chi connectivity index (χ1) is 12.8. The second-order valence-corrected chi connectivity index (χ2v) is 6.85. The third-order valence-corrected chi connectivity index (χ3v) is 5.38. The summed E-state index contributed by atoms with van der Waals surface area (Å²) in [5, 5.41) is 7.07. The van der Waals surface area contributed by atoms with E-state index in [0.29, 0.717) is 11.8 Å². The lowest BCUT2D eigenvalue weighted by atomic mass is 9.97. The average molecular weight is 343 g/mol. The topological polar surface area (TPSA) is 46.3 Å². The number of nitrogens with zero attached hydrogens (tertiary/aromatic N) is 5. The fourth-order valence-electron chi connectivity index (χ4n) is 4.14. The van der Waals surface area contributed by atoms with Crippen LogP contribution in [0.4, 0.5) is 5.82 Å². The van der Waals surface area contributed by atoms with E-state index in [1.807, 2.05) is 4.52 Å². The van der Waals surface area contributed by atoms with Crippen LogP contribution in [0.5, 0.6) is 0 Å². The Bertz CT molecular complexity index is 1080. The van der Waals surface area contributed by atoms with E-state index in [1.54, 1.807) is 6.33 Å². The first-order valence-corrected chi connectivity index (χ1v) is 9.29. The minimum atomic E-state index is 0.348. The van der Waals surface area contributed by atoms with Crippen molar-refractivity contribution in [2.75, 3.05) is 11.4 Å². The summed E-state index contributed by atoms with van der Waals surface area (Å²) < 4.78 is 1.88. The van der Waals surface area contributed by atoms with Gasteiger partial charge in [0.1, 0.15) is 12.1 Å². The summed E-state index contributed by atoms with van der Waals surface area (Å²) >= 11 is 0. The van der Waals surface area contributed by atoms with Crippen LogP contribution in [0.1, 0.15) is 37.1 Å². The summed E-state index contributed by atoms with van der Waals surface area (Å²) in [6.45, 7) is 3.15. The van der Waals surface area contributed by atoms with Crippen molar-refractivity contribution in [2.45, 2.75) is 32.2 Å². The molecule has 1 aliphatic heterocycles. The molecule has 0 bridgehead atoms. The molecule has 0 N–H and O–H groups in total. The van der Waals surface area contributed by atoms with Gasteiger partial charge in [-0.05, 0) is 35.6 Å². The number of anilines is 1. The molecule has 1 atom stereocenters. The summed E-state index contributed by atoms with van der Waals surface area (Å²) in [7, 11) is 0. The fourth-order valence-corrected chi connectivity index (χ4v) is 4.14. The molecule has 3 heterocycles. The molecule has 130 valence electrons. The van der Waals surface area contributed by atoms with Gasteiger partial charge in [0.15, 0.2) is 0 Å². The first-order valence-electron chi connectivity index (χ1n) is 9.29. The molecule has 5 nitrogen and oxygen atoms in total. The highest BCUT2D eigenvalue weighted by Crippen LogP contribution is 2.39. The molecule has 4 aromatic rings. The lowest BCUT2D eigenvalue weighted by Crippen LogP contribution is -2.25. The van der Waals surface area contributed by atoms with Crippen molar-refractivity contribution in [3.05, 3.63) is 66.1 Å². The van der Waals surface area contributed by atoms with E-state index in [-0.39, 0.29) is 0 Å². The minimum absolute atomic E-state index is 0.348. The monoisotopic (exact) mass is 343 g/mol. The molecule has 0 spiro atoms. The van der Waals surface area contributed by atoms with Crippen molar-refractivity contribution < 1.29 is 0 Å². The maximum atomic E-state index is 4.60. The van der Waals surface area contributed by atoms with Gasteiger partial charge in [-0.1, -0.05) is 49.4 Å². The zero-order valence-corrected chi connectivity index (χ0v) is 14.8. The molecular formula is C21H21N5. The molecule has 0 aliphatic carbocycles. The molecule has 1 fully saturated rings. The number of benzene rings is 2. The van der Waals surface area contributed by atoms with Crippen molar-refractivity contribution >= 4 is 22.4 Å². The molecule has 26 heavy (non-hydrogen) atoms. The van der Waals surface area contributed by atoms with E-state index in [0.717, 1.165) is 30.9 Å². The zero-order valence-electron chi connectivity index (χ0n) is 14.8. The maximum absolute atomic E-state index is 4.60. The van der Waals surface area contributed by atoms with Gasteiger partial charge < -0.3 is 4.90 Å². The maximum Gasteiger partial charge on any atom is 0.254 e. The Morgan fingerprint density at radius 3 is 2.92 bits per heavy atom. The Balaban J connectivity index is 1.67. The van der Waals surface area contributed by atoms with Crippen LogP contribution in [0, 0.1) is 0 Å². The summed E-state index contributed by atoms with van der Waals surface area (Å²) in [5.74, 6) is 1.78. The fraction of sp³-hybridized carbons (Fsp3) is 0.286. The van der Waals surface area contributed by atoms with Crippen LogP contribution >= 0.6 is 0 Å². The third kappa shape index (κ3) is 2.35. The summed E-state index contributed by atoms with van der Waals surface area (Å²) in [5.41, 5.74) is 2.45. The molecule has 0 amide bonds. The number of fused-ring (bicyclic) bond motifs is 2. The zero-order chi connectivity index (χ0) is 17.5. The van der Waals surface area contributed by atoms with Crippen molar-refractivity contribution in [3.8, 4) is 0 Å². The van der Waals surface area contributed by atoms with Gasteiger partial charge in [-0.15, -0.1) is 0 Å². The number of aryl methyl sites for hydroxylation is 1. The highest BCUT2D eigenvalue weighted by molar-refractivity contribution is 5.86. The summed E-state index contributed by atoms with van der Waals surface area (Å²) in [6.07, 6.45) is 4.80. The molecule has 1 unspecified atom stereocenters. The first kappa shape index (κ1) is 15.3. The number of aromatic nitrogens is 4. The second-order valence-electron chi connectivity index (χ2n) is 6.85. The van der Waals surface area contributed by atoms with E-state index in [9.17, 15) is 0 Å². The number of hydrogen-bond acceptors (Lipinski definition) is 4. The molecule has 0 radical (unpaired) electrons. The standard InChI is InChI=1S/C21H21N5/c1-2-16-13-20(26-21(24-16)22-14-23-26)25-12-6-11-19(25)18-10-5-8-15-7-3-4-9-17(15)18/h3-5,7-10,13-14,19H,2,6,11-12H2,1H3. The average Bonchev–Trinajstić information content (AvgIpc) is 3.36. The Kier molecular flexibility index (Phi) is 3.59. The van der Waals surface area contributed by atoms with Gasteiger partial charge in [0.25, 0.3) is 5.78 Å². The smallest absolute Gasteiger partial charge is 0.254 e. The van der Waals surface area contributed by atoms with Crippen LogP contribution in [0.25, 0.3) is 16.6 Å². The molecular weight excluding hydrogens is 322 g/mol. The van der Waals surface area contributed by atoms with E-state index in [2.05, 4.69) is 75.4 Å². The van der Waals surface area contributed by atoms with Gasteiger partial charge in [0.05, 0.1) is 6.04 Å². The van der Waals surface area contributed by atoms with Crippen LogP contribution in [-0.4, -0.2) is 26.1 Å². The largest absolute Gasteiger partial charge is 0.349 e. The predicted octanol–water partition coefficient (Wildman–Crippen LogP) is 4.18. The van der Waals surface area contributed by atoms with Crippen LogP contribution in [0.3, 0.4) is 0 Å². The Labute approximate surface area is 152 Å². The second kappa shape index (κ2) is 6.09. The minimum Gasteiger partial charge on any atom is -0.349 e. The molecule has 1 saturated heterocycles. The Morgan fingerprint density at radius 1 is 1.12 bits per heavy atom. The predicted molar refractivity (Wildman–Crippen MR) is 103 cm³/mol. The van der Waals surface area contributed by atoms with Gasteiger partial charge in [-0.3, -0.25) is 0 Å². The lowest BCUT2D eigenvalue weighted by Gasteiger charge is -2.28. The van der Waals surface area contributed by atoms with Crippen LogP contribution in [0.2, 0.25) is 0 Å². The highest BCUT2D eigenvalue weighted by atomic mass is 15.4. The van der Waals surface area contributed by atoms with Crippen molar-refractivity contribution in [1.82, 2.24) is 19.6 Å². The van der Waals surface area contributed by atoms with Crippen LogP contribution in [0.15, 0.2) is 54.9 Å². The van der Waals surface area contributed by atoms with Crippen molar-refractivity contribution in [3.63, 3.8) is 0 Å². The van der Waals surface area contributed by atoms with E-state index in [4.69, 9.17) is 0 Å². The van der Waals surface area contributed by atoms with Gasteiger partial charge in [0.2, 0.25) is 0 Å². The quantitative estimate of drug-likeness (QED) is 0.560. The third-order valence-electron chi connectivity index (χ3n) is 5.38. The van der Waals surface area contributed by atoms with E-state index in [1.165, 1.54) is 22.8 Å². The molecule has 0 saturated carbocycles. The Morgan fingerprint density at radius 2 is 2.00 bits per heavy atom. The molecule has 2 aromatic carbocycles. The lowest BCUT2D eigenvalue weighted by molar-refractivity contribution is 0.701. The number of hydrogen-bond donors (Lipinski definition) is 0. The molecule has 1 aliphatic rings.